The van der Waals surface area contributed by atoms with Gasteiger partial charge in [-0.25, -0.2) is 4.98 Å². The fourth-order valence-electron chi connectivity index (χ4n) is 2.91. The van der Waals surface area contributed by atoms with Crippen LogP contribution in [0.15, 0.2) is 5.51 Å². The molecular formula is C14H24ClN3S. The lowest BCUT2D eigenvalue weighted by Gasteiger charge is -2.42. The number of likely N-dealkylation sites (tertiary alicyclic amines) is 1. The third-order valence-electron chi connectivity index (χ3n) is 4.39. The van der Waals surface area contributed by atoms with Crippen LogP contribution in [0, 0.1) is 5.41 Å². The van der Waals surface area contributed by atoms with E-state index in [-0.39, 0.29) is 17.8 Å². The second kappa shape index (κ2) is 5.68. The number of thiazole rings is 1. The topological polar surface area (TPSA) is 42.2 Å². The van der Waals surface area contributed by atoms with E-state index in [2.05, 4.69) is 23.7 Å². The van der Waals surface area contributed by atoms with E-state index in [1.165, 1.54) is 23.4 Å². The molecule has 1 saturated heterocycles. The Hall–Kier alpha value is -0.160. The van der Waals surface area contributed by atoms with Gasteiger partial charge in [0.1, 0.15) is 0 Å². The lowest BCUT2D eigenvalue weighted by molar-refractivity contribution is 0.0904. The Bertz CT molecular complexity index is 428. The number of hydrogen-bond acceptors (Lipinski definition) is 4. The standard InChI is InChI=1S/C14H23N3S.ClH/c1-14(2)8-17(6-5-12(14)15)7-11-13(10-3-4-10)16-9-18-11;/h9-10,12H,3-8,15H2,1-2H3;1H. The molecule has 2 aliphatic rings. The second-order valence-corrected chi connectivity index (χ2v) is 7.47. The van der Waals surface area contributed by atoms with Crippen molar-refractivity contribution in [3.8, 4) is 0 Å². The van der Waals surface area contributed by atoms with Crippen LogP contribution in [0.1, 0.15) is 49.6 Å². The smallest absolute Gasteiger partial charge is 0.0798 e. The Kier molecular flexibility index (Phi) is 4.56. The van der Waals surface area contributed by atoms with E-state index >= 15 is 0 Å². The van der Waals surface area contributed by atoms with Crippen LogP contribution in [0.2, 0.25) is 0 Å². The molecule has 19 heavy (non-hydrogen) atoms. The van der Waals surface area contributed by atoms with Gasteiger partial charge in [-0.3, -0.25) is 4.90 Å². The van der Waals surface area contributed by atoms with Crippen LogP contribution in [0.4, 0.5) is 0 Å². The number of piperidine rings is 1. The number of halogens is 1. The molecule has 1 aliphatic carbocycles. The maximum absolute atomic E-state index is 6.20. The highest BCUT2D eigenvalue weighted by Gasteiger charge is 2.34. The van der Waals surface area contributed by atoms with Gasteiger partial charge in [-0.15, -0.1) is 23.7 Å². The van der Waals surface area contributed by atoms with Gasteiger partial charge in [-0.1, -0.05) is 13.8 Å². The highest BCUT2D eigenvalue weighted by Crippen LogP contribution is 2.42. The first kappa shape index (κ1) is 15.2. The summed E-state index contributed by atoms with van der Waals surface area (Å²) in [4.78, 5) is 8.61. The molecule has 0 bridgehead atoms. The first-order valence-corrected chi connectivity index (χ1v) is 7.84. The molecule has 0 spiro atoms. The van der Waals surface area contributed by atoms with Crippen molar-refractivity contribution in [2.24, 2.45) is 11.1 Å². The zero-order valence-corrected chi connectivity index (χ0v) is 13.4. The van der Waals surface area contributed by atoms with Crippen LogP contribution in [-0.4, -0.2) is 29.0 Å². The molecule has 1 unspecified atom stereocenters. The van der Waals surface area contributed by atoms with Gasteiger partial charge in [0.05, 0.1) is 11.2 Å². The zero-order valence-electron chi connectivity index (χ0n) is 11.8. The maximum Gasteiger partial charge on any atom is 0.0798 e. The van der Waals surface area contributed by atoms with Gasteiger partial charge in [0.25, 0.3) is 0 Å². The molecular weight excluding hydrogens is 278 g/mol. The fraction of sp³-hybridized carbons (Fsp3) is 0.786. The van der Waals surface area contributed by atoms with Gasteiger partial charge in [0.15, 0.2) is 0 Å². The maximum atomic E-state index is 6.20. The largest absolute Gasteiger partial charge is 0.327 e. The molecule has 2 fully saturated rings. The van der Waals surface area contributed by atoms with Gasteiger partial charge in [0.2, 0.25) is 0 Å². The Labute approximate surface area is 126 Å². The van der Waals surface area contributed by atoms with Crippen molar-refractivity contribution in [3.05, 3.63) is 16.1 Å². The molecule has 1 aromatic rings. The summed E-state index contributed by atoms with van der Waals surface area (Å²) >= 11 is 1.83. The van der Waals surface area contributed by atoms with Crippen molar-refractivity contribution in [2.45, 2.75) is 51.6 Å². The third kappa shape index (κ3) is 3.30. The molecule has 2 N–H and O–H groups in total. The highest BCUT2D eigenvalue weighted by atomic mass is 35.5. The molecule has 5 heteroatoms. The minimum Gasteiger partial charge on any atom is -0.327 e. The molecule has 1 aliphatic heterocycles. The van der Waals surface area contributed by atoms with Crippen molar-refractivity contribution in [3.63, 3.8) is 0 Å². The zero-order chi connectivity index (χ0) is 12.8. The van der Waals surface area contributed by atoms with Gasteiger partial charge in [-0.2, -0.15) is 0 Å². The number of aromatic nitrogens is 1. The Balaban J connectivity index is 0.00000133. The third-order valence-corrected chi connectivity index (χ3v) is 5.23. The minimum absolute atomic E-state index is 0. The predicted molar refractivity (Wildman–Crippen MR) is 83.0 cm³/mol. The lowest BCUT2D eigenvalue weighted by Crippen LogP contribution is -2.52. The van der Waals surface area contributed by atoms with Gasteiger partial charge in [0, 0.05) is 36.5 Å². The van der Waals surface area contributed by atoms with Crippen molar-refractivity contribution in [1.29, 1.82) is 0 Å². The summed E-state index contributed by atoms with van der Waals surface area (Å²) in [6.07, 6.45) is 3.80. The summed E-state index contributed by atoms with van der Waals surface area (Å²) < 4.78 is 0. The monoisotopic (exact) mass is 301 g/mol. The Morgan fingerprint density at radius 2 is 2.16 bits per heavy atom. The Morgan fingerprint density at radius 3 is 2.79 bits per heavy atom. The normalized spacial score (nSPS) is 27.0. The van der Waals surface area contributed by atoms with Gasteiger partial charge >= 0.3 is 0 Å². The van der Waals surface area contributed by atoms with E-state index < -0.39 is 0 Å². The molecule has 1 atom stereocenters. The highest BCUT2D eigenvalue weighted by molar-refractivity contribution is 7.09. The van der Waals surface area contributed by atoms with Crippen LogP contribution in [0.5, 0.6) is 0 Å². The van der Waals surface area contributed by atoms with Crippen LogP contribution < -0.4 is 5.73 Å². The van der Waals surface area contributed by atoms with E-state index in [0.717, 1.165) is 32.0 Å². The van der Waals surface area contributed by atoms with E-state index in [1.54, 1.807) is 0 Å². The summed E-state index contributed by atoms with van der Waals surface area (Å²) in [6.45, 7) is 7.89. The fourth-order valence-corrected chi connectivity index (χ4v) is 3.80. The van der Waals surface area contributed by atoms with Crippen LogP contribution in [0.3, 0.4) is 0 Å². The molecule has 3 nitrogen and oxygen atoms in total. The summed E-state index contributed by atoms with van der Waals surface area (Å²) in [7, 11) is 0. The van der Waals surface area contributed by atoms with Crippen LogP contribution >= 0.6 is 23.7 Å². The molecule has 0 amide bonds. The minimum atomic E-state index is 0. The number of nitrogens with two attached hydrogens (primary N) is 1. The summed E-state index contributed by atoms with van der Waals surface area (Å²) in [6, 6.07) is 0.345. The number of hydrogen-bond donors (Lipinski definition) is 1. The van der Waals surface area contributed by atoms with E-state index in [1.807, 2.05) is 16.8 Å². The lowest BCUT2D eigenvalue weighted by atomic mass is 9.80. The van der Waals surface area contributed by atoms with E-state index in [9.17, 15) is 0 Å². The van der Waals surface area contributed by atoms with Gasteiger partial charge in [-0.05, 0) is 24.7 Å². The molecule has 1 aromatic heterocycles. The summed E-state index contributed by atoms with van der Waals surface area (Å²) in [5.41, 5.74) is 9.84. The second-order valence-electron chi connectivity index (χ2n) is 6.53. The predicted octanol–water partition coefficient (Wildman–Crippen LogP) is 3.00. The average Bonchev–Trinajstić information content (AvgIpc) is 3.05. The first-order chi connectivity index (χ1) is 8.56. The summed E-state index contributed by atoms with van der Waals surface area (Å²) in [5, 5.41) is 0. The Morgan fingerprint density at radius 1 is 1.42 bits per heavy atom. The number of nitrogens with zero attached hydrogens (tertiary/aromatic N) is 2. The van der Waals surface area contributed by atoms with Crippen LogP contribution in [-0.2, 0) is 6.54 Å². The molecule has 108 valence electrons. The molecule has 3 rings (SSSR count). The molecule has 1 saturated carbocycles. The molecule has 0 radical (unpaired) electrons. The van der Waals surface area contributed by atoms with Gasteiger partial charge < -0.3 is 5.73 Å². The van der Waals surface area contributed by atoms with E-state index in [0.29, 0.717) is 6.04 Å². The quantitative estimate of drug-likeness (QED) is 0.933. The van der Waals surface area contributed by atoms with Crippen molar-refractivity contribution < 1.29 is 0 Å². The first-order valence-electron chi connectivity index (χ1n) is 6.96. The molecule has 2 heterocycles. The average molecular weight is 302 g/mol. The van der Waals surface area contributed by atoms with Crippen LogP contribution in [0.25, 0.3) is 0 Å². The molecule has 0 aromatic carbocycles. The number of rotatable bonds is 3. The summed E-state index contributed by atoms with van der Waals surface area (Å²) in [5.74, 6) is 0.770. The van der Waals surface area contributed by atoms with Crippen molar-refractivity contribution in [2.75, 3.05) is 13.1 Å². The van der Waals surface area contributed by atoms with Crippen molar-refractivity contribution >= 4 is 23.7 Å². The van der Waals surface area contributed by atoms with Crippen molar-refractivity contribution in [1.82, 2.24) is 9.88 Å². The van der Waals surface area contributed by atoms with E-state index in [4.69, 9.17) is 5.73 Å². The SMILES string of the molecule is CC1(C)CN(Cc2scnc2C2CC2)CCC1N.Cl.